The van der Waals surface area contributed by atoms with Gasteiger partial charge in [-0.2, -0.15) is 4.39 Å². The van der Waals surface area contributed by atoms with Crippen molar-refractivity contribution in [2.45, 2.75) is 31.3 Å². The molecule has 2 atom stereocenters. The second-order valence-corrected chi connectivity index (χ2v) is 8.04. The third-order valence-electron chi connectivity index (χ3n) is 5.96. The molecular weight excluding hydrogens is 408 g/mol. The van der Waals surface area contributed by atoms with E-state index in [1.165, 1.54) is 18.3 Å². The normalized spacial score (nSPS) is 19.5. The van der Waals surface area contributed by atoms with E-state index in [0.29, 0.717) is 22.6 Å². The van der Waals surface area contributed by atoms with Gasteiger partial charge in [0, 0.05) is 23.4 Å². The van der Waals surface area contributed by atoms with Crippen molar-refractivity contribution in [3.63, 3.8) is 0 Å². The Morgan fingerprint density at radius 1 is 1.13 bits per heavy atom. The molecule has 30 heavy (non-hydrogen) atoms. The van der Waals surface area contributed by atoms with Crippen LogP contribution in [-0.2, 0) is 6.42 Å². The van der Waals surface area contributed by atoms with Crippen LogP contribution >= 0.6 is 11.6 Å². The molecule has 2 aliphatic rings. The first-order valence-corrected chi connectivity index (χ1v) is 10.2. The fourth-order valence-corrected chi connectivity index (χ4v) is 4.86. The molecule has 0 spiro atoms. The Bertz CT molecular complexity index is 1140. The molecule has 0 aliphatic carbocycles. The lowest BCUT2D eigenvalue weighted by molar-refractivity contribution is 0.178. The van der Waals surface area contributed by atoms with Gasteiger partial charge in [-0.25, -0.2) is 14.2 Å². The molecule has 1 aromatic heterocycles. The number of urea groups is 1. The number of benzene rings is 2. The molecule has 0 radical (unpaired) electrons. The standard InChI is InChI=1S/C23H18ClF2N3O/c24-18-12-20(19(25)11-16(18)13-4-2-1-3-5-13)28-23(30)29-14-6-7-21(29)15-8-9-27-22(26)17(15)10-14/h1-5,8-9,11-12,14,21H,6-7,10H2,(H,28,30)/t14-,21+/m0/s1. The van der Waals surface area contributed by atoms with Crippen LogP contribution in [0.5, 0.6) is 0 Å². The smallest absolute Gasteiger partial charge is 0.314 e. The Morgan fingerprint density at radius 3 is 2.73 bits per heavy atom. The molecule has 2 aromatic carbocycles. The summed E-state index contributed by atoms with van der Waals surface area (Å²) in [5, 5.41) is 3.01. The SMILES string of the molecule is O=C(Nc1cc(Cl)c(-c2ccccc2)cc1F)N1[C@H]2CC[C@@H]1c1ccnc(F)c1C2. The first kappa shape index (κ1) is 19.0. The molecule has 2 bridgehead atoms. The maximum atomic E-state index is 14.8. The number of rotatable bonds is 2. The summed E-state index contributed by atoms with van der Waals surface area (Å²) in [7, 11) is 0. The minimum atomic E-state index is -0.563. The molecule has 7 heteroatoms. The first-order chi connectivity index (χ1) is 14.5. The lowest BCUT2D eigenvalue weighted by Gasteiger charge is -2.36. The lowest BCUT2D eigenvalue weighted by Crippen LogP contribution is -2.44. The van der Waals surface area contributed by atoms with Gasteiger partial charge < -0.3 is 10.2 Å². The number of hydrogen-bond acceptors (Lipinski definition) is 2. The van der Waals surface area contributed by atoms with Crippen LogP contribution < -0.4 is 5.32 Å². The number of halogens is 3. The van der Waals surface area contributed by atoms with E-state index in [1.807, 2.05) is 30.3 Å². The number of nitrogens with zero attached hydrogens (tertiary/aromatic N) is 2. The van der Waals surface area contributed by atoms with Gasteiger partial charge >= 0.3 is 6.03 Å². The minimum absolute atomic E-state index is 0.0239. The highest BCUT2D eigenvalue weighted by molar-refractivity contribution is 6.33. The van der Waals surface area contributed by atoms with Gasteiger partial charge in [0.25, 0.3) is 0 Å². The molecule has 2 amide bonds. The van der Waals surface area contributed by atoms with Crippen LogP contribution in [-0.4, -0.2) is 22.0 Å². The second kappa shape index (κ2) is 7.36. The summed E-state index contributed by atoms with van der Waals surface area (Å²) in [4.78, 5) is 18.5. The van der Waals surface area contributed by atoms with Crippen molar-refractivity contribution in [2.75, 3.05) is 5.32 Å². The molecule has 1 saturated heterocycles. The van der Waals surface area contributed by atoms with Gasteiger partial charge in [-0.15, -0.1) is 0 Å². The monoisotopic (exact) mass is 425 g/mol. The lowest BCUT2D eigenvalue weighted by atomic mass is 9.95. The first-order valence-electron chi connectivity index (χ1n) is 9.80. The Labute approximate surface area is 177 Å². The Morgan fingerprint density at radius 2 is 1.93 bits per heavy atom. The number of hydrogen-bond donors (Lipinski definition) is 1. The summed E-state index contributed by atoms with van der Waals surface area (Å²) in [5.41, 5.74) is 2.74. The maximum absolute atomic E-state index is 14.8. The topological polar surface area (TPSA) is 45.2 Å². The number of carbonyl (C=O) groups excluding carboxylic acids is 1. The molecule has 4 nitrogen and oxygen atoms in total. The number of nitrogens with one attached hydrogen (secondary N) is 1. The summed E-state index contributed by atoms with van der Waals surface area (Å²) in [6, 6.07) is 13.0. The quantitative estimate of drug-likeness (QED) is 0.514. The number of anilines is 1. The highest BCUT2D eigenvalue weighted by Crippen LogP contribution is 2.44. The zero-order valence-electron chi connectivity index (χ0n) is 15.9. The van der Waals surface area contributed by atoms with E-state index >= 15 is 0 Å². The molecule has 1 fully saturated rings. The van der Waals surface area contributed by atoms with Crippen molar-refractivity contribution in [3.05, 3.63) is 82.6 Å². The molecule has 1 N–H and O–H groups in total. The molecule has 152 valence electrons. The second-order valence-electron chi connectivity index (χ2n) is 7.64. The fraction of sp³-hybridized carbons (Fsp3) is 0.217. The van der Waals surface area contributed by atoms with E-state index in [0.717, 1.165) is 24.0 Å². The Balaban J connectivity index is 1.42. The third kappa shape index (κ3) is 3.12. The van der Waals surface area contributed by atoms with E-state index in [-0.39, 0.29) is 17.8 Å². The highest BCUT2D eigenvalue weighted by Gasteiger charge is 2.43. The van der Waals surface area contributed by atoms with Crippen LogP contribution in [0.4, 0.5) is 19.3 Å². The summed E-state index contributed by atoms with van der Waals surface area (Å²) in [5.74, 6) is -1.04. The van der Waals surface area contributed by atoms with Gasteiger partial charge in [0.2, 0.25) is 5.95 Å². The largest absolute Gasteiger partial charge is 0.322 e. The summed E-state index contributed by atoms with van der Waals surface area (Å²) in [6.45, 7) is 0. The van der Waals surface area contributed by atoms with Gasteiger partial charge in [-0.3, -0.25) is 0 Å². The van der Waals surface area contributed by atoms with Gasteiger partial charge in [-0.1, -0.05) is 41.9 Å². The van der Waals surface area contributed by atoms with Crippen LogP contribution in [0.15, 0.2) is 54.7 Å². The zero-order chi connectivity index (χ0) is 20.8. The van der Waals surface area contributed by atoms with E-state index in [2.05, 4.69) is 10.3 Å². The van der Waals surface area contributed by atoms with Crippen LogP contribution in [0, 0.1) is 11.8 Å². The number of amides is 2. The van der Waals surface area contributed by atoms with Crippen molar-refractivity contribution in [3.8, 4) is 11.1 Å². The van der Waals surface area contributed by atoms with Crippen LogP contribution in [0.3, 0.4) is 0 Å². The number of aromatic nitrogens is 1. The van der Waals surface area contributed by atoms with Crippen LogP contribution in [0.25, 0.3) is 11.1 Å². The average molecular weight is 426 g/mol. The van der Waals surface area contributed by atoms with Crippen molar-refractivity contribution in [1.29, 1.82) is 0 Å². The highest BCUT2D eigenvalue weighted by atomic mass is 35.5. The summed E-state index contributed by atoms with van der Waals surface area (Å²) in [6.07, 6.45) is 3.34. The molecule has 5 rings (SSSR count). The third-order valence-corrected chi connectivity index (χ3v) is 6.27. The predicted octanol–water partition coefficient (Wildman–Crippen LogP) is 5.97. The number of fused-ring (bicyclic) bond motifs is 4. The molecule has 0 saturated carbocycles. The molecule has 0 unspecified atom stereocenters. The van der Waals surface area contributed by atoms with Crippen LogP contribution in [0.1, 0.15) is 30.0 Å². The Kier molecular flexibility index (Phi) is 4.66. The minimum Gasteiger partial charge on any atom is -0.314 e. The number of pyridine rings is 1. The van der Waals surface area contributed by atoms with Crippen molar-refractivity contribution < 1.29 is 13.6 Å². The Hall–Kier alpha value is -2.99. The van der Waals surface area contributed by atoms with Crippen molar-refractivity contribution in [1.82, 2.24) is 9.88 Å². The van der Waals surface area contributed by atoms with E-state index in [1.54, 1.807) is 11.0 Å². The predicted molar refractivity (Wildman–Crippen MR) is 111 cm³/mol. The van der Waals surface area contributed by atoms with Crippen molar-refractivity contribution in [2.24, 2.45) is 0 Å². The average Bonchev–Trinajstić information content (AvgIpc) is 3.07. The van der Waals surface area contributed by atoms with Gasteiger partial charge in [0.15, 0.2) is 0 Å². The van der Waals surface area contributed by atoms with Crippen molar-refractivity contribution >= 4 is 23.3 Å². The molecule has 3 aromatic rings. The molecule has 2 aliphatic heterocycles. The van der Waals surface area contributed by atoms with E-state index in [4.69, 9.17) is 11.6 Å². The zero-order valence-corrected chi connectivity index (χ0v) is 16.7. The fourth-order valence-electron chi connectivity index (χ4n) is 4.59. The van der Waals surface area contributed by atoms with E-state index in [9.17, 15) is 13.6 Å². The van der Waals surface area contributed by atoms with E-state index < -0.39 is 17.8 Å². The van der Waals surface area contributed by atoms with Gasteiger partial charge in [-0.05, 0) is 48.6 Å². The summed E-state index contributed by atoms with van der Waals surface area (Å²) < 4.78 is 28.9. The van der Waals surface area contributed by atoms with Crippen LogP contribution in [0.2, 0.25) is 5.02 Å². The maximum Gasteiger partial charge on any atom is 0.322 e. The summed E-state index contributed by atoms with van der Waals surface area (Å²) >= 11 is 6.38. The van der Waals surface area contributed by atoms with Gasteiger partial charge in [0.05, 0.1) is 16.8 Å². The van der Waals surface area contributed by atoms with Gasteiger partial charge in [0.1, 0.15) is 5.82 Å². The number of carbonyl (C=O) groups is 1. The molecular formula is C23H18ClF2N3O. The molecule has 3 heterocycles.